The summed E-state index contributed by atoms with van der Waals surface area (Å²) in [4.78, 5) is 27.5. The van der Waals surface area contributed by atoms with Crippen LogP contribution in [0.15, 0.2) is 72.8 Å². The molecular weight excluding hydrogens is 444 g/mol. The predicted molar refractivity (Wildman–Crippen MR) is 133 cm³/mol. The summed E-state index contributed by atoms with van der Waals surface area (Å²) in [5.41, 5.74) is 2.42. The normalized spacial score (nSPS) is 14.9. The Bertz CT molecular complexity index is 1170. The molecule has 1 saturated heterocycles. The van der Waals surface area contributed by atoms with Gasteiger partial charge in [-0.05, 0) is 54.8 Å². The first-order valence-corrected chi connectivity index (χ1v) is 11.7. The van der Waals surface area contributed by atoms with E-state index in [1.54, 1.807) is 38.5 Å². The summed E-state index contributed by atoms with van der Waals surface area (Å²) in [7, 11) is 3.24. The van der Waals surface area contributed by atoms with E-state index in [-0.39, 0.29) is 24.5 Å². The monoisotopic (exact) mass is 474 g/mol. The first-order chi connectivity index (χ1) is 17.1. The third kappa shape index (κ3) is 5.93. The van der Waals surface area contributed by atoms with Crippen molar-refractivity contribution in [1.29, 1.82) is 0 Å². The molecule has 7 nitrogen and oxygen atoms in total. The molecular formula is C28H30N2O5. The highest BCUT2D eigenvalue weighted by Crippen LogP contribution is 2.39. The number of hydrogen-bond acceptors (Lipinski definition) is 5. The molecule has 0 unspecified atom stereocenters. The number of nitrogens with zero attached hydrogens (tertiary/aromatic N) is 1. The molecule has 1 aliphatic heterocycles. The highest BCUT2D eigenvalue weighted by molar-refractivity contribution is 5.94. The van der Waals surface area contributed by atoms with Crippen molar-refractivity contribution in [2.45, 2.75) is 25.4 Å². The fourth-order valence-corrected chi connectivity index (χ4v) is 4.32. The fraction of sp³-hybridized carbons (Fsp3) is 0.286. The number of hydrogen-bond donors (Lipinski definition) is 1. The van der Waals surface area contributed by atoms with Gasteiger partial charge in [0, 0.05) is 24.2 Å². The van der Waals surface area contributed by atoms with Crippen LogP contribution in [0.1, 0.15) is 40.4 Å². The summed E-state index contributed by atoms with van der Waals surface area (Å²) in [6, 6.07) is 22.1. The Hall–Kier alpha value is -4.00. The van der Waals surface area contributed by atoms with Crippen LogP contribution < -0.4 is 19.5 Å². The number of carbonyl (C=O) groups is 2. The first-order valence-electron chi connectivity index (χ1n) is 11.7. The highest BCUT2D eigenvalue weighted by atomic mass is 16.5. The topological polar surface area (TPSA) is 77.1 Å². The number of benzene rings is 3. The highest BCUT2D eigenvalue weighted by Gasteiger charge is 2.32. The van der Waals surface area contributed by atoms with E-state index in [1.807, 2.05) is 53.4 Å². The van der Waals surface area contributed by atoms with E-state index in [0.717, 1.165) is 35.5 Å². The summed E-state index contributed by atoms with van der Waals surface area (Å²) in [5.74, 6) is 1.61. The third-order valence-electron chi connectivity index (χ3n) is 6.12. The summed E-state index contributed by atoms with van der Waals surface area (Å²) in [5, 5.41) is 2.90. The Balaban J connectivity index is 1.38. The lowest BCUT2D eigenvalue weighted by atomic mass is 10.0. The molecule has 1 N–H and O–H groups in total. The van der Waals surface area contributed by atoms with Gasteiger partial charge in [0.2, 0.25) is 0 Å². The summed E-state index contributed by atoms with van der Waals surface area (Å²) in [6.07, 6.45) is 1.74. The van der Waals surface area contributed by atoms with E-state index in [9.17, 15) is 9.59 Å². The van der Waals surface area contributed by atoms with Crippen molar-refractivity contribution in [3.63, 3.8) is 0 Å². The van der Waals surface area contributed by atoms with Crippen molar-refractivity contribution in [1.82, 2.24) is 10.2 Å². The molecule has 4 rings (SSSR count). The van der Waals surface area contributed by atoms with Crippen LogP contribution in [-0.4, -0.2) is 44.1 Å². The second-order valence-electron chi connectivity index (χ2n) is 8.34. The third-order valence-corrected chi connectivity index (χ3v) is 6.12. The largest absolute Gasteiger partial charge is 0.497 e. The van der Waals surface area contributed by atoms with Crippen LogP contribution >= 0.6 is 0 Å². The number of carbonyl (C=O) groups excluding carboxylic acids is 2. The lowest BCUT2D eigenvalue weighted by Crippen LogP contribution is -2.34. The molecule has 0 aromatic heterocycles. The SMILES string of the molecule is COc1ccc(OC)c([C@@H]2CCCN2C(=O)COc2cccc(C(=O)NCc3ccccc3)c2)c1. The summed E-state index contributed by atoms with van der Waals surface area (Å²) in [6.45, 7) is 0.973. The van der Waals surface area contributed by atoms with Crippen LogP contribution in [0.2, 0.25) is 0 Å². The Labute approximate surface area is 205 Å². The lowest BCUT2D eigenvalue weighted by Gasteiger charge is -2.26. The van der Waals surface area contributed by atoms with Gasteiger partial charge in [0.05, 0.1) is 20.3 Å². The van der Waals surface area contributed by atoms with E-state index in [4.69, 9.17) is 14.2 Å². The van der Waals surface area contributed by atoms with Gasteiger partial charge >= 0.3 is 0 Å². The quantitative estimate of drug-likeness (QED) is 0.498. The summed E-state index contributed by atoms with van der Waals surface area (Å²) < 4.78 is 16.7. The number of methoxy groups -OCH3 is 2. The van der Waals surface area contributed by atoms with Crippen LogP contribution in [0.3, 0.4) is 0 Å². The second kappa shape index (κ2) is 11.4. The maximum atomic E-state index is 13.1. The van der Waals surface area contributed by atoms with Crippen molar-refractivity contribution in [3.05, 3.63) is 89.5 Å². The Morgan fingerprint density at radius 3 is 2.54 bits per heavy atom. The molecule has 182 valence electrons. The average molecular weight is 475 g/mol. The minimum Gasteiger partial charge on any atom is -0.497 e. The van der Waals surface area contributed by atoms with E-state index >= 15 is 0 Å². The molecule has 3 aromatic rings. The zero-order valence-electron chi connectivity index (χ0n) is 20.0. The molecule has 3 aromatic carbocycles. The van der Waals surface area contributed by atoms with Gasteiger partial charge in [-0.25, -0.2) is 0 Å². The van der Waals surface area contributed by atoms with Gasteiger partial charge < -0.3 is 24.4 Å². The molecule has 1 heterocycles. The molecule has 0 bridgehead atoms. The average Bonchev–Trinajstić information content (AvgIpc) is 3.40. The zero-order chi connectivity index (χ0) is 24.6. The maximum absolute atomic E-state index is 13.1. The van der Waals surface area contributed by atoms with E-state index in [2.05, 4.69) is 5.32 Å². The van der Waals surface area contributed by atoms with Gasteiger partial charge in [-0.15, -0.1) is 0 Å². The van der Waals surface area contributed by atoms with Gasteiger partial charge in [-0.1, -0.05) is 36.4 Å². The molecule has 0 spiro atoms. The van der Waals surface area contributed by atoms with Gasteiger partial charge in [0.25, 0.3) is 11.8 Å². The molecule has 2 amide bonds. The molecule has 1 fully saturated rings. The van der Waals surface area contributed by atoms with Gasteiger partial charge in [0.15, 0.2) is 6.61 Å². The van der Waals surface area contributed by atoms with Crippen molar-refractivity contribution in [2.24, 2.45) is 0 Å². The molecule has 0 radical (unpaired) electrons. The minimum absolute atomic E-state index is 0.105. The van der Waals surface area contributed by atoms with Crippen molar-refractivity contribution < 1.29 is 23.8 Å². The van der Waals surface area contributed by atoms with Crippen LogP contribution in [-0.2, 0) is 11.3 Å². The molecule has 0 aliphatic carbocycles. The number of ether oxygens (including phenoxy) is 3. The van der Waals surface area contributed by atoms with E-state index < -0.39 is 0 Å². The zero-order valence-corrected chi connectivity index (χ0v) is 20.0. The second-order valence-corrected chi connectivity index (χ2v) is 8.34. The molecule has 1 atom stereocenters. The van der Waals surface area contributed by atoms with Crippen LogP contribution in [0.25, 0.3) is 0 Å². The van der Waals surface area contributed by atoms with Crippen molar-refractivity contribution >= 4 is 11.8 Å². The standard InChI is InChI=1S/C28H30N2O5/c1-33-22-13-14-26(34-2)24(17-22)25-12-7-15-30(25)27(31)19-35-23-11-6-10-21(16-23)28(32)29-18-20-8-4-3-5-9-20/h3-6,8-11,13-14,16-17,25H,7,12,15,18-19H2,1-2H3,(H,29,32)/t25-/m0/s1. The molecule has 35 heavy (non-hydrogen) atoms. The van der Waals surface area contributed by atoms with E-state index in [0.29, 0.717) is 24.4 Å². The molecule has 1 aliphatic rings. The number of amides is 2. The van der Waals surface area contributed by atoms with E-state index in [1.165, 1.54) is 0 Å². The van der Waals surface area contributed by atoms with Crippen molar-refractivity contribution in [3.8, 4) is 17.2 Å². The summed E-state index contributed by atoms with van der Waals surface area (Å²) >= 11 is 0. The first kappa shape index (κ1) is 24.1. The molecule has 0 saturated carbocycles. The van der Waals surface area contributed by atoms with Gasteiger partial charge in [-0.3, -0.25) is 9.59 Å². The Kier molecular flexibility index (Phi) is 7.88. The Morgan fingerprint density at radius 2 is 1.77 bits per heavy atom. The van der Waals surface area contributed by atoms with Gasteiger partial charge in [-0.2, -0.15) is 0 Å². The van der Waals surface area contributed by atoms with Crippen LogP contribution in [0.4, 0.5) is 0 Å². The number of nitrogens with one attached hydrogen (secondary N) is 1. The number of rotatable bonds is 9. The smallest absolute Gasteiger partial charge is 0.261 e. The van der Waals surface area contributed by atoms with Crippen LogP contribution in [0, 0.1) is 0 Å². The number of likely N-dealkylation sites (tertiary alicyclic amines) is 1. The fourth-order valence-electron chi connectivity index (χ4n) is 4.32. The van der Waals surface area contributed by atoms with Crippen LogP contribution in [0.5, 0.6) is 17.2 Å². The maximum Gasteiger partial charge on any atom is 0.261 e. The minimum atomic E-state index is -0.199. The Morgan fingerprint density at radius 1 is 0.943 bits per heavy atom. The lowest BCUT2D eigenvalue weighted by molar-refractivity contribution is -0.134. The van der Waals surface area contributed by atoms with Crippen molar-refractivity contribution in [2.75, 3.05) is 27.4 Å². The van der Waals surface area contributed by atoms with Gasteiger partial charge in [0.1, 0.15) is 17.2 Å². The molecule has 7 heteroatoms. The predicted octanol–water partition coefficient (Wildman–Crippen LogP) is 4.38.